The molecule has 0 amide bonds. The maximum absolute atomic E-state index is 10.8. The van der Waals surface area contributed by atoms with Crippen molar-refractivity contribution in [3.63, 3.8) is 0 Å². The van der Waals surface area contributed by atoms with E-state index in [0.29, 0.717) is 5.92 Å². The quantitative estimate of drug-likeness (QED) is 0.437. The topological polar surface area (TPSA) is 26.3 Å². The van der Waals surface area contributed by atoms with Crippen LogP contribution >= 0.6 is 0 Å². The van der Waals surface area contributed by atoms with Crippen LogP contribution in [0.3, 0.4) is 0 Å². The maximum atomic E-state index is 10.8. The van der Waals surface area contributed by atoms with E-state index in [1.54, 1.807) is 0 Å². The lowest BCUT2D eigenvalue weighted by molar-refractivity contribution is -0.142. The molecule has 2 heteroatoms. The first-order valence-electron chi connectivity index (χ1n) is 3.48. The summed E-state index contributed by atoms with van der Waals surface area (Å²) in [6.07, 6.45) is 3.78. The van der Waals surface area contributed by atoms with Crippen molar-refractivity contribution in [3.05, 3.63) is 12.7 Å². The number of hydrogen-bond acceptors (Lipinski definition) is 2. The van der Waals surface area contributed by atoms with Gasteiger partial charge in [0.1, 0.15) is 0 Å². The fourth-order valence-corrected chi connectivity index (χ4v) is 1.16. The maximum Gasteiger partial charge on any atom is 0.308 e. The highest BCUT2D eigenvalue weighted by Crippen LogP contribution is 2.41. The van der Waals surface area contributed by atoms with Crippen molar-refractivity contribution in [2.24, 2.45) is 11.8 Å². The lowest BCUT2D eigenvalue weighted by Gasteiger charge is -1.93. The van der Waals surface area contributed by atoms with Gasteiger partial charge in [0.25, 0.3) is 0 Å². The van der Waals surface area contributed by atoms with Crippen molar-refractivity contribution in [3.8, 4) is 0 Å². The zero-order valence-electron chi connectivity index (χ0n) is 6.17. The Labute approximate surface area is 60.9 Å². The number of carbonyl (C=O) groups excluding carboxylic acids is 1. The number of methoxy groups -OCH3 is 1. The zero-order chi connectivity index (χ0) is 7.56. The molecule has 0 unspecified atom stereocenters. The molecular formula is C8H12O2. The normalized spacial score (nSPS) is 29.3. The van der Waals surface area contributed by atoms with Crippen molar-refractivity contribution in [1.29, 1.82) is 0 Å². The summed E-state index contributed by atoms with van der Waals surface area (Å²) in [5.41, 5.74) is 0. The molecule has 0 heterocycles. The molecule has 2 atom stereocenters. The minimum absolute atomic E-state index is 0.0631. The van der Waals surface area contributed by atoms with Gasteiger partial charge in [-0.3, -0.25) is 4.79 Å². The molecule has 1 saturated carbocycles. The standard InChI is InChI=1S/C8H12O2/c1-3-4-6-5-7(6)8(9)10-2/h3,6-7H,1,4-5H2,2H3/t6-,7+/m1/s1. The van der Waals surface area contributed by atoms with Crippen LogP contribution < -0.4 is 0 Å². The van der Waals surface area contributed by atoms with Crippen LogP contribution in [0.15, 0.2) is 12.7 Å². The Balaban J connectivity index is 2.24. The average molecular weight is 140 g/mol. The molecule has 0 N–H and O–H groups in total. The van der Waals surface area contributed by atoms with E-state index in [2.05, 4.69) is 11.3 Å². The van der Waals surface area contributed by atoms with Crippen molar-refractivity contribution in [2.75, 3.05) is 7.11 Å². The van der Waals surface area contributed by atoms with Gasteiger partial charge in [-0.15, -0.1) is 6.58 Å². The fraction of sp³-hybridized carbons (Fsp3) is 0.625. The number of allylic oxidation sites excluding steroid dienone is 1. The van der Waals surface area contributed by atoms with Gasteiger partial charge in [0.15, 0.2) is 0 Å². The number of ether oxygens (including phenoxy) is 1. The molecule has 0 aliphatic heterocycles. The molecule has 1 rings (SSSR count). The summed E-state index contributed by atoms with van der Waals surface area (Å²) in [5.74, 6) is 0.625. The van der Waals surface area contributed by atoms with E-state index < -0.39 is 0 Å². The first-order chi connectivity index (χ1) is 4.79. The van der Waals surface area contributed by atoms with Crippen molar-refractivity contribution in [1.82, 2.24) is 0 Å². The van der Waals surface area contributed by atoms with E-state index in [1.165, 1.54) is 7.11 Å². The molecule has 0 aromatic carbocycles. The van der Waals surface area contributed by atoms with E-state index in [9.17, 15) is 4.79 Å². The summed E-state index contributed by atoms with van der Waals surface area (Å²) in [5, 5.41) is 0. The molecule has 0 radical (unpaired) electrons. The molecule has 0 spiro atoms. The summed E-state index contributed by atoms with van der Waals surface area (Å²) >= 11 is 0. The van der Waals surface area contributed by atoms with Gasteiger partial charge in [0.2, 0.25) is 0 Å². The first-order valence-corrected chi connectivity index (χ1v) is 3.48. The summed E-state index contributed by atoms with van der Waals surface area (Å²) in [4.78, 5) is 10.8. The van der Waals surface area contributed by atoms with Gasteiger partial charge < -0.3 is 4.74 Å². The van der Waals surface area contributed by atoms with Crippen LogP contribution in [0.2, 0.25) is 0 Å². The van der Waals surface area contributed by atoms with Crippen molar-refractivity contribution < 1.29 is 9.53 Å². The lowest BCUT2D eigenvalue weighted by atomic mass is 10.2. The first kappa shape index (κ1) is 7.32. The Hall–Kier alpha value is -0.790. The Kier molecular flexibility index (Phi) is 2.10. The van der Waals surface area contributed by atoms with Crippen LogP contribution in [0.1, 0.15) is 12.8 Å². The zero-order valence-corrected chi connectivity index (χ0v) is 6.17. The number of hydrogen-bond donors (Lipinski definition) is 0. The Bertz CT molecular complexity index is 151. The predicted molar refractivity (Wildman–Crippen MR) is 38.4 cm³/mol. The Morgan fingerprint density at radius 3 is 3.10 bits per heavy atom. The van der Waals surface area contributed by atoms with Crippen LogP contribution in [0.4, 0.5) is 0 Å². The molecule has 2 nitrogen and oxygen atoms in total. The molecule has 0 bridgehead atoms. The molecule has 1 aliphatic rings. The number of rotatable bonds is 3. The lowest BCUT2D eigenvalue weighted by Crippen LogP contribution is -2.03. The number of esters is 1. The fourth-order valence-electron chi connectivity index (χ4n) is 1.16. The van der Waals surface area contributed by atoms with E-state index in [-0.39, 0.29) is 11.9 Å². The van der Waals surface area contributed by atoms with E-state index in [1.807, 2.05) is 6.08 Å². The second-order valence-corrected chi connectivity index (χ2v) is 2.65. The third-order valence-corrected chi connectivity index (χ3v) is 1.90. The van der Waals surface area contributed by atoms with E-state index >= 15 is 0 Å². The second kappa shape index (κ2) is 2.86. The van der Waals surface area contributed by atoms with E-state index in [4.69, 9.17) is 0 Å². The SMILES string of the molecule is C=CC[C@@H]1C[C@@H]1C(=O)OC. The summed E-state index contributed by atoms with van der Waals surface area (Å²) in [6, 6.07) is 0. The third kappa shape index (κ3) is 1.38. The molecule has 10 heavy (non-hydrogen) atoms. The van der Waals surface area contributed by atoms with Gasteiger partial charge in [-0.05, 0) is 18.8 Å². The van der Waals surface area contributed by atoms with Gasteiger partial charge in [-0.25, -0.2) is 0 Å². The monoisotopic (exact) mass is 140 g/mol. The largest absolute Gasteiger partial charge is 0.469 e. The van der Waals surface area contributed by atoms with Crippen molar-refractivity contribution >= 4 is 5.97 Å². The number of carbonyl (C=O) groups is 1. The highest BCUT2D eigenvalue weighted by atomic mass is 16.5. The summed E-state index contributed by atoms with van der Waals surface area (Å²) in [7, 11) is 1.44. The minimum atomic E-state index is -0.0631. The van der Waals surface area contributed by atoms with Gasteiger partial charge in [0.05, 0.1) is 13.0 Å². The third-order valence-electron chi connectivity index (χ3n) is 1.90. The molecule has 0 aromatic rings. The molecule has 1 aliphatic carbocycles. The van der Waals surface area contributed by atoms with Gasteiger partial charge in [-0.1, -0.05) is 6.08 Å². The van der Waals surface area contributed by atoms with Gasteiger partial charge in [-0.2, -0.15) is 0 Å². The molecule has 1 fully saturated rings. The van der Waals surface area contributed by atoms with Crippen LogP contribution in [-0.4, -0.2) is 13.1 Å². The molecule has 56 valence electrons. The highest BCUT2D eigenvalue weighted by Gasteiger charge is 2.42. The molecule has 0 aromatic heterocycles. The highest BCUT2D eigenvalue weighted by molar-refractivity contribution is 5.75. The summed E-state index contributed by atoms with van der Waals surface area (Å²) < 4.78 is 4.58. The van der Waals surface area contributed by atoms with Crippen LogP contribution in [0, 0.1) is 11.8 Å². The second-order valence-electron chi connectivity index (χ2n) is 2.65. The molecule has 0 saturated heterocycles. The van der Waals surface area contributed by atoms with Crippen molar-refractivity contribution in [2.45, 2.75) is 12.8 Å². The van der Waals surface area contributed by atoms with Gasteiger partial charge >= 0.3 is 5.97 Å². The Morgan fingerprint density at radius 1 is 1.90 bits per heavy atom. The Morgan fingerprint density at radius 2 is 2.60 bits per heavy atom. The predicted octanol–water partition coefficient (Wildman–Crippen LogP) is 1.37. The van der Waals surface area contributed by atoms with E-state index in [0.717, 1.165) is 12.8 Å². The van der Waals surface area contributed by atoms with Crippen LogP contribution in [-0.2, 0) is 9.53 Å². The summed E-state index contributed by atoms with van der Waals surface area (Å²) in [6.45, 7) is 3.61. The average Bonchev–Trinajstić information content (AvgIpc) is 2.67. The van der Waals surface area contributed by atoms with Crippen LogP contribution in [0.5, 0.6) is 0 Å². The van der Waals surface area contributed by atoms with Gasteiger partial charge in [0, 0.05) is 0 Å². The molecular weight excluding hydrogens is 128 g/mol. The van der Waals surface area contributed by atoms with Crippen LogP contribution in [0.25, 0.3) is 0 Å². The smallest absolute Gasteiger partial charge is 0.308 e. The minimum Gasteiger partial charge on any atom is -0.469 e.